The lowest BCUT2D eigenvalue weighted by Crippen LogP contribution is -2.29. The number of aryl methyl sites for hydroxylation is 1. The smallest absolute Gasteiger partial charge is 0.302 e. The Balaban J connectivity index is 1.68. The molecule has 0 saturated heterocycles. The number of anilines is 1. The van der Waals surface area contributed by atoms with Crippen LogP contribution in [0.15, 0.2) is 40.1 Å². The van der Waals surface area contributed by atoms with Crippen molar-refractivity contribution in [2.45, 2.75) is 13.0 Å². The first-order valence-electron chi connectivity index (χ1n) is 7.07. The molecular weight excluding hydrogens is 350 g/mol. The molecule has 0 saturated carbocycles. The van der Waals surface area contributed by atoms with Crippen LogP contribution in [0.5, 0.6) is 0 Å². The summed E-state index contributed by atoms with van der Waals surface area (Å²) in [5.41, 5.74) is -0.601. The number of nitrogens with one attached hydrogen (secondary N) is 2. The third-order valence-corrected chi connectivity index (χ3v) is 4.24. The van der Waals surface area contributed by atoms with E-state index in [4.69, 9.17) is 0 Å². The Hall–Kier alpha value is -3.34. The first kappa shape index (κ1) is 16.5. The normalized spacial score (nSPS) is 10.7. The second-order valence-corrected chi connectivity index (χ2v) is 6.06. The number of H-pyrrole nitrogens is 1. The van der Waals surface area contributed by atoms with Crippen molar-refractivity contribution in [3.63, 3.8) is 0 Å². The first-order chi connectivity index (χ1) is 11.9. The number of nitro benzene ring substituents is 1. The number of hydrogen-bond donors (Lipinski definition) is 2. The predicted octanol–water partition coefficient (Wildman–Crippen LogP) is 1.08. The van der Waals surface area contributed by atoms with Crippen molar-refractivity contribution in [3.8, 4) is 0 Å². The van der Waals surface area contributed by atoms with E-state index in [1.807, 2.05) is 0 Å². The molecule has 1 amide bonds. The van der Waals surface area contributed by atoms with Crippen LogP contribution in [-0.2, 0) is 11.3 Å². The topological polar surface area (TPSA) is 140 Å². The number of rotatable bonds is 5. The van der Waals surface area contributed by atoms with Crippen molar-refractivity contribution in [1.82, 2.24) is 14.5 Å². The van der Waals surface area contributed by atoms with Crippen LogP contribution >= 0.6 is 11.3 Å². The van der Waals surface area contributed by atoms with Crippen LogP contribution < -0.4 is 16.6 Å². The number of nitro groups is 1. The van der Waals surface area contributed by atoms with E-state index in [0.29, 0.717) is 15.3 Å². The Bertz CT molecular complexity index is 1080. The van der Waals surface area contributed by atoms with Crippen LogP contribution in [0.3, 0.4) is 0 Å². The Morgan fingerprint density at radius 1 is 1.36 bits per heavy atom. The zero-order chi connectivity index (χ0) is 18.0. The van der Waals surface area contributed by atoms with Gasteiger partial charge < -0.3 is 9.88 Å². The van der Waals surface area contributed by atoms with Crippen molar-refractivity contribution in [1.29, 1.82) is 0 Å². The Kier molecular flexibility index (Phi) is 4.39. The largest absolute Gasteiger partial charge is 0.328 e. The van der Waals surface area contributed by atoms with E-state index in [2.05, 4.69) is 15.3 Å². The van der Waals surface area contributed by atoms with Crippen molar-refractivity contribution in [3.05, 3.63) is 61.4 Å². The van der Waals surface area contributed by atoms with Crippen molar-refractivity contribution < 1.29 is 9.72 Å². The average molecular weight is 361 g/mol. The number of hydrogen-bond acceptors (Lipinski definition) is 7. The molecule has 0 bridgehead atoms. The molecule has 0 unspecified atom stereocenters. The monoisotopic (exact) mass is 361 g/mol. The molecule has 2 aromatic heterocycles. The number of amides is 1. The van der Waals surface area contributed by atoms with Gasteiger partial charge in [0, 0.05) is 37.4 Å². The number of fused-ring (bicyclic) bond motifs is 1. The summed E-state index contributed by atoms with van der Waals surface area (Å²) in [5, 5.41) is 13.7. The van der Waals surface area contributed by atoms with Gasteiger partial charge in [0.15, 0.2) is 5.13 Å². The van der Waals surface area contributed by atoms with Gasteiger partial charge in [0.25, 0.3) is 11.2 Å². The standard InChI is InChI=1S/C14H11N5O5S/c20-11(3-5-18-6-4-12(21)17-14(18)22)16-13-15-9-2-1-8(19(23)24)7-10(9)25-13/h1-2,4,6-7H,3,5H2,(H,15,16,20)(H,17,21,22). The van der Waals surface area contributed by atoms with Crippen LogP contribution in [0.4, 0.5) is 10.8 Å². The van der Waals surface area contributed by atoms with Crippen molar-refractivity contribution in [2.24, 2.45) is 0 Å². The Morgan fingerprint density at radius 2 is 2.16 bits per heavy atom. The molecular formula is C14H11N5O5S. The summed E-state index contributed by atoms with van der Waals surface area (Å²) in [5.74, 6) is -0.369. The number of aromatic nitrogens is 3. The number of benzene rings is 1. The van der Waals surface area contributed by atoms with Gasteiger partial charge in [0.05, 0.1) is 15.1 Å². The molecule has 10 nitrogen and oxygen atoms in total. The van der Waals surface area contributed by atoms with Gasteiger partial charge in [-0.05, 0) is 6.07 Å². The van der Waals surface area contributed by atoms with Gasteiger partial charge in [0.2, 0.25) is 5.91 Å². The highest BCUT2D eigenvalue weighted by Gasteiger charge is 2.12. The molecule has 2 N–H and O–H groups in total. The van der Waals surface area contributed by atoms with Crippen LogP contribution in [0.2, 0.25) is 0 Å². The van der Waals surface area contributed by atoms with Crippen LogP contribution in [0.25, 0.3) is 10.2 Å². The summed E-state index contributed by atoms with van der Waals surface area (Å²) in [6, 6.07) is 5.44. The van der Waals surface area contributed by atoms with Gasteiger partial charge in [-0.15, -0.1) is 0 Å². The number of carbonyl (C=O) groups excluding carboxylic acids is 1. The molecule has 0 atom stereocenters. The van der Waals surface area contributed by atoms with E-state index < -0.39 is 16.2 Å². The van der Waals surface area contributed by atoms with Gasteiger partial charge in [-0.25, -0.2) is 9.78 Å². The lowest BCUT2D eigenvalue weighted by atomic mass is 10.3. The number of aromatic amines is 1. The predicted molar refractivity (Wildman–Crippen MR) is 90.8 cm³/mol. The molecule has 1 aromatic carbocycles. The third-order valence-electron chi connectivity index (χ3n) is 3.31. The minimum Gasteiger partial charge on any atom is -0.302 e. The van der Waals surface area contributed by atoms with Crippen LogP contribution in [0, 0.1) is 10.1 Å². The molecule has 128 valence electrons. The molecule has 25 heavy (non-hydrogen) atoms. The minimum absolute atomic E-state index is 0.00201. The van der Waals surface area contributed by atoms with Gasteiger partial charge in [0.1, 0.15) is 0 Å². The lowest BCUT2D eigenvalue weighted by molar-refractivity contribution is -0.384. The van der Waals surface area contributed by atoms with Gasteiger partial charge >= 0.3 is 5.69 Å². The lowest BCUT2D eigenvalue weighted by Gasteiger charge is -2.04. The van der Waals surface area contributed by atoms with Crippen molar-refractivity contribution >= 4 is 38.3 Å². The Morgan fingerprint density at radius 3 is 2.88 bits per heavy atom. The van der Waals surface area contributed by atoms with Crippen molar-refractivity contribution in [2.75, 3.05) is 5.32 Å². The number of carbonyl (C=O) groups is 1. The maximum atomic E-state index is 12.0. The maximum Gasteiger partial charge on any atom is 0.328 e. The summed E-state index contributed by atoms with van der Waals surface area (Å²) < 4.78 is 1.80. The van der Waals surface area contributed by atoms with Gasteiger partial charge in [-0.2, -0.15) is 0 Å². The summed E-state index contributed by atoms with van der Waals surface area (Å²) in [4.78, 5) is 51.0. The van der Waals surface area contributed by atoms with E-state index in [1.54, 1.807) is 0 Å². The molecule has 0 aliphatic carbocycles. The zero-order valence-corrected chi connectivity index (χ0v) is 13.4. The third kappa shape index (κ3) is 3.77. The second-order valence-electron chi connectivity index (χ2n) is 5.03. The highest BCUT2D eigenvalue weighted by molar-refractivity contribution is 7.22. The average Bonchev–Trinajstić information content (AvgIpc) is 2.95. The van der Waals surface area contributed by atoms with E-state index in [9.17, 15) is 24.5 Å². The SMILES string of the molecule is O=C(CCn1ccc(=O)[nH]c1=O)Nc1nc2ccc([N+](=O)[O-])cc2s1. The van der Waals surface area contributed by atoms with Gasteiger partial charge in [-0.3, -0.25) is 24.7 Å². The minimum atomic E-state index is -0.590. The summed E-state index contributed by atoms with van der Waals surface area (Å²) >= 11 is 1.12. The summed E-state index contributed by atoms with van der Waals surface area (Å²) in [6.45, 7) is 0.0951. The number of thiazole rings is 1. The second kappa shape index (κ2) is 6.65. The molecule has 3 aromatic rings. The number of non-ortho nitro benzene ring substituents is 1. The molecule has 0 aliphatic rings. The fourth-order valence-corrected chi connectivity index (χ4v) is 3.02. The molecule has 0 fully saturated rings. The highest BCUT2D eigenvalue weighted by Crippen LogP contribution is 2.29. The maximum absolute atomic E-state index is 12.0. The molecule has 0 radical (unpaired) electrons. The Labute approximate surface area is 142 Å². The molecule has 0 aliphatic heterocycles. The summed E-state index contributed by atoms with van der Waals surface area (Å²) in [7, 11) is 0. The zero-order valence-electron chi connectivity index (χ0n) is 12.6. The fourth-order valence-electron chi connectivity index (χ4n) is 2.10. The fraction of sp³-hybridized carbons (Fsp3) is 0.143. The quantitative estimate of drug-likeness (QED) is 0.515. The van der Waals surface area contributed by atoms with E-state index in [0.717, 1.165) is 11.3 Å². The molecule has 11 heteroatoms. The first-order valence-corrected chi connectivity index (χ1v) is 7.88. The molecule has 0 spiro atoms. The van der Waals surface area contributed by atoms with Crippen LogP contribution in [0.1, 0.15) is 6.42 Å². The van der Waals surface area contributed by atoms with Crippen LogP contribution in [-0.4, -0.2) is 25.4 Å². The van der Waals surface area contributed by atoms with Gasteiger partial charge in [-0.1, -0.05) is 11.3 Å². The highest BCUT2D eigenvalue weighted by atomic mass is 32.1. The van der Waals surface area contributed by atoms with E-state index in [-0.39, 0.29) is 24.6 Å². The molecule has 2 heterocycles. The number of nitrogens with zero attached hydrogens (tertiary/aromatic N) is 3. The van der Waals surface area contributed by atoms with E-state index >= 15 is 0 Å². The summed E-state index contributed by atoms with van der Waals surface area (Å²) in [6.07, 6.45) is 1.31. The van der Waals surface area contributed by atoms with E-state index in [1.165, 1.54) is 35.0 Å². The molecule has 3 rings (SSSR count).